The molecule has 3 amide bonds. The second kappa shape index (κ2) is 8.00. The predicted molar refractivity (Wildman–Crippen MR) is 111 cm³/mol. The van der Waals surface area contributed by atoms with Crippen LogP contribution in [0.1, 0.15) is 36.6 Å². The third-order valence-corrected chi connectivity index (χ3v) is 5.08. The smallest absolute Gasteiger partial charge is 0.267 e. The van der Waals surface area contributed by atoms with Gasteiger partial charge in [-0.3, -0.25) is 24.5 Å². The molecule has 0 aromatic heterocycles. The van der Waals surface area contributed by atoms with Crippen molar-refractivity contribution in [3.05, 3.63) is 110 Å². The Kier molecular flexibility index (Phi) is 5.22. The lowest BCUT2D eigenvalue weighted by molar-refractivity contribution is -0.385. The number of hydrogen-bond acceptors (Lipinski definition) is 5. The number of carbonyl (C=O) groups excluding carboxylic acids is 3. The third-order valence-electron chi connectivity index (χ3n) is 4.83. The van der Waals surface area contributed by atoms with Crippen LogP contribution in [-0.2, 0) is 6.54 Å². The molecule has 0 radical (unpaired) electrons. The maximum atomic E-state index is 13.4. The lowest BCUT2D eigenvalue weighted by atomic mass is 10.1. The van der Waals surface area contributed by atoms with Crippen LogP contribution in [0, 0.1) is 10.1 Å². The van der Waals surface area contributed by atoms with Gasteiger partial charge in [0.15, 0.2) is 0 Å². The lowest BCUT2D eigenvalue weighted by Crippen LogP contribution is -2.49. The van der Waals surface area contributed by atoms with E-state index in [9.17, 15) is 24.5 Å². The second-order valence-electron chi connectivity index (χ2n) is 6.73. The summed E-state index contributed by atoms with van der Waals surface area (Å²) in [6.45, 7) is -0.173. The Morgan fingerprint density at radius 1 is 0.903 bits per heavy atom. The molecule has 3 aromatic carbocycles. The number of imide groups is 1. The summed E-state index contributed by atoms with van der Waals surface area (Å²) >= 11 is 5.92. The molecular formula is C22H14ClN3O5. The Morgan fingerprint density at radius 2 is 1.45 bits per heavy atom. The molecule has 1 aliphatic heterocycles. The fraction of sp³-hybridized carbons (Fsp3) is 0.0455. The van der Waals surface area contributed by atoms with Crippen molar-refractivity contribution in [2.24, 2.45) is 0 Å². The second-order valence-corrected chi connectivity index (χ2v) is 7.17. The Labute approximate surface area is 181 Å². The number of hydrazine groups is 1. The topological polar surface area (TPSA) is 101 Å². The first-order valence-corrected chi connectivity index (χ1v) is 9.53. The van der Waals surface area contributed by atoms with E-state index in [4.69, 9.17) is 11.6 Å². The van der Waals surface area contributed by atoms with E-state index >= 15 is 0 Å². The number of benzene rings is 3. The largest absolute Gasteiger partial charge is 0.282 e. The summed E-state index contributed by atoms with van der Waals surface area (Å²) in [7, 11) is 0. The van der Waals surface area contributed by atoms with Crippen LogP contribution in [0.15, 0.2) is 72.8 Å². The molecule has 0 spiro atoms. The molecule has 8 nitrogen and oxygen atoms in total. The molecule has 0 saturated heterocycles. The molecule has 0 N–H and O–H groups in total. The van der Waals surface area contributed by atoms with Crippen LogP contribution in [0.2, 0.25) is 5.02 Å². The first-order valence-electron chi connectivity index (χ1n) is 9.16. The van der Waals surface area contributed by atoms with Crippen LogP contribution in [0.25, 0.3) is 0 Å². The van der Waals surface area contributed by atoms with Gasteiger partial charge in [0.25, 0.3) is 23.4 Å². The average molecular weight is 436 g/mol. The molecule has 0 atom stereocenters. The first-order chi connectivity index (χ1) is 14.9. The van der Waals surface area contributed by atoms with Gasteiger partial charge < -0.3 is 0 Å². The van der Waals surface area contributed by atoms with Crippen molar-refractivity contribution in [3.63, 3.8) is 0 Å². The minimum absolute atomic E-state index is 0.156. The normalized spacial score (nSPS) is 12.6. The SMILES string of the molecule is O=C(c1ccccc1[N+](=O)[O-])N(Cc1ccc(Cl)cc1)N1C(=O)c2ccccc2C1=O. The molecule has 0 aliphatic carbocycles. The van der Waals surface area contributed by atoms with Gasteiger partial charge in [0.05, 0.1) is 22.6 Å². The molecule has 154 valence electrons. The Bertz CT molecular complexity index is 1190. The summed E-state index contributed by atoms with van der Waals surface area (Å²) in [6.07, 6.45) is 0. The van der Waals surface area contributed by atoms with Gasteiger partial charge in [-0.1, -0.05) is 48.0 Å². The number of nitro benzene ring substituents is 1. The number of para-hydroxylation sites is 1. The number of nitrogens with zero attached hydrogens (tertiary/aromatic N) is 3. The summed E-state index contributed by atoms with van der Waals surface area (Å²) in [6, 6.07) is 18.1. The van der Waals surface area contributed by atoms with E-state index in [1.807, 2.05) is 0 Å². The first kappa shape index (κ1) is 20.2. The Balaban J connectivity index is 1.80. The minimum Gasteiger partial charge on any atom is -0.267 e. The fourth-order valence-corrected chi connectivity index (χ4v) is 3.47. The van der Waals surface area contributed by atoms with Crippen molar-refractivity contribution < 1.29 is 19.3 Å². The average Bonchev–Trinajstić information content (AvgIpc) is 3.03. The van der Waals surface area contributed by atoms with Crippen molar-refractivity contribution in [2.45, 2.75) is 6.54 Å². The highest BCUT2D eigenvalue weighted by molar-refractivity contribution is 6.30. The van der Waals surface area contributed by atoms with Gasteiger partial charge >= 0.3 is 0 Å². The van der Waals surface area contributed by atoms with Crippen molar-refractivity contribution in [3.8, 4) is 0 Å². The van der Waals surface area contributed by atoms with E-state index in [1.165, 1.54) is 36.4 Å². The number of halogens is 1. The van der Waals surface area contributed by atoms with E-state index in [0.29, 0.717) is 10.6 Å². The molecule has 1 aliphatic rings. The van der Waals surface area contributed by atoms with Crippen molar-refractivity contribution >= 4 is 35.0 Å². The summed E-state index contributed by atoms with van der Waals surface area (Å²) in [5, 5.41) is 13.6. The summed E-state index contributed by atoms with van der Waals surface area (Å²) in [5.41, 5.74) is 0.226. The zero-order chi connectivity index (χ0) is 22.1. The zero-order valence-electron chi connectivity index (χ0n) is 15.9. The summed E-state index contributed by atoms with van der Waals surface area (Å²) in [4.78, 5) is 50.2. The van der Waals surface area contributed by atoms with Gasteiger partial charge in [-0.05, 0) is 35.9 Å². The highest BCUT2D eigenvalue weighted by Crippen LogP contribution is 2.28. The van der Waals surface area contributed by atoms with E-state index in [0.717, 1.165) is 10.0 Å². The fourth-order valence-electron chi connectivity index (χ4n) is 3.34. The van der Waals surface area contributed by atoms with Crippen LogP contribution in [0.3, 0.4) is 0 Å². The molecule has 0 unspecified atom stereocenters. The minimum atomic E-state index is -0.850. The van der Waals surface area contributed by atoms with Crippen molar-refractivity contribution in [1.29, 1.82) is 0 Å². The van der Waals surface area contributed by atoms with Crippen LogP contribution in [-0.4, -0.2) is 32.7 Å². The molecule has 4 rings (SSSR count). The summed E-state index contributed by atoms with van der Waals surface area (Å²) < 4.78 is 0. The van der Waals surface area contributed by atoms with Gasteiger partial charge in [0.1, 0.15) is 5.56 Å². The molecule has 9 heteroatoms. The molecule has 3 aromatic rings. The van der Waals surface area contributed by atoms with Gasteiger partial charge in [-0.25, -0.2) is 5.01 Å². The van der Waals surface area contributed by atoms with Gasteiger partial charge in [-0.2, -0.15) is 5.01 Å². The van der Waals surface area contributed by atoms with Gasteiger partial charge in [0, 0.05) is 11.1 Å². The third kappa shape index (κ3) is 3.64. The number of amides is 3. The van der Waals surface area contributed by atoms with Crippen LogP contribution >= 0.6 is 11.6 Å². The zero-order valence-corrected chi connectivity index (χ0v) is 16.7. The summed E-state index contributed by atoms with van der Waals surface area (Å²) in [5.74, 6) is -2.21. The molecule has 0 fully saturated rings. The van der Waals surface area contributed by atoms with Crippen LogP contribution in [0.5, 0.6) is 0 Å². The molecule has 0 bridgehead atoms. The quantitative estimate of drug-likeness (QED) is 0.341. The maximum absolute atomic E-state index is 13.4. The molecule has 31 heavy (non-hydrogen) atoms. The highest BCUT2D eigenvalue weighted by Gasteiger charge is 2.42. The number of rotatable bonds is 5. The number of hydrogen-bond donors (Lipinski definition) is 0. The molecule has 0 saturated carbocycles. The molecule has 1 heterocycles. The predicted octanol–water partition coefficient (Wildman–Crippen LogP) is 4.10. The molecular weight excluding hydrogens is 422 g/mol. The van der Waals surface area contributed by atoms with Crippen molar-refractivity contribution in [1.82, 2.24) is 10.0 Å². The van der Waals surface area contributed by atoms with Gasteiger partial charge in [-0.15, -0.1) is 0 Å². The number of nitro groups is 1. The highest BCUT2D eigenvalue weighted by atomic mass is 35.5. The maximum Gasteiger partial charge on any atom is 0.282 e. The van der Waals surface area contributed by atoms with E-state index in [2.05, 4.69) is 0 Å². The number of carbonyl (C=O) groups is 3. The van der Waals surface area contributed by atoms with E-state index < -0.39 is 28.3 Å². The van der Waals surface area contributed by atoms with Crippen molar-refractivity contribution in [2.75, 3.05) is 0 Å². The van der Waals surface area contributed by atoms with Gasteiger partial charge in [0.2, 0.25) is 0 Å². The number of fused-ring (bicyclic) bond motifs is 1. The Morgan fingerprint density at radius 3 is 2.03 bits per heavy atom. The van der Waals surface area contributed by atoms with Crippen LogP contribution in [0.4, 0.5) is 5.69 Å². The standard InChI is InChI=1S/C22H14ClN3O5/c23-15-11-9-14(10-12-15)13-24(20(27)18-7-3-4-8-19(18)26(30)31)25-21(28)16-5-1-2-6-17(16)22(25)29/h1-12H,13H2. The Hall–Kier alpha value is -4.04. The van der Waals surface area contributed by atoms with E-state index in [1.54, 1.807) is 36.4 Å². The lowest BCUT2D eigenvalue weighted by Gasteiger charge is -2.30. The monoisotopic (exact) mass is 435 g/mol. The van der Waals surface area contributed by atoms with Crippen LogP contribution < -0.4 is 0 Å². The van der Waals surface area contributed by atoms with E-state index in [-0.39, 0.29) is 23.2 Å².